The molecule has 0 aliphatic carbocycles. The monoisotopic (exact) mass is 727 g/mol. The first-order valence-electron chi connectivity index (χ1n) is 16.7. The van der Waals surface area contributed by atoms with Crippen molar-refractivity contribution in [2.45, 2.75) is 39.8 Å². The first-order valence-corrected chi connectivity index (χ1v) is 17.6. The Hall–Kier alpha value is -5.50. The first kappa shape index (κ1) is 34.9. The van der Waals surface area contributed by atoms with Crippen LogP contribution in [0.1, 0.15) is 44.4 Å². The van der Waals surface area contributed by atoms with Crippen LogP contribution < -0.4 is 4.74 Å². The maximum absolute atomic E-state index is 16.3. The second-order valence-corrected chi connectivity index (χ2v) is 13.9. The van der Waals surface area contributed by atoms with E-state index in [2.05, 4.69) is 11.6 Å². The zero-order valence-corrected chi connectivity index (χ0v) is 30.3. The van der Waals surface area contributed by atoms with E-state index in [1.807, 2.05) is 50.6 Å². The van der Waals surface area contributed by atoms with Crippen LogP contribution >= 0.6 is 11.3 Å². The van der Waals surface area contributed by atoms with Crippen LogP contribution in [0.5, 0.6) is 5.75 Å². The van der Waals surface area contributed by atoms with Gasteiger partial charge in [0.05, 0.1) is 51.3 Å². The Morgan fingerprint density at radius 1 is 1.08 bits per heavy atom. The molecular formula is C38H36F3N7O3S. The molecule has 2 amide bonds. The van der Waals surface area contributed by atoms with Gasteiger partial charge >= 0.3 is 0 Å². The van der Waals surface area contributed by atoms with Gasteiger partial charge in [-0.15, -0.1) is 11.3 Å². The van der Waals surface area contributed by atoms with Gasteiger partial charge in [0, 0.05) is 61.6 Å². The number of likely N-dealkylation sites (N-methyl/N-ethyl adjacent to an activating group) is 1. The van der Waals surface area contributed by atoms with Gasteiger partial charge in [-0.1, -0.05) is 12.6 Å². The van der Waals surface area contributed by atoms with Crippen LogP contribution in [0.25, 0.3) is 54.9 Å². The summed E-state index contributed by atoms with van der Waals surface area (Å²) in [4.78, 5) is 37.6. The summed E-state index contributed by atoms with van der Waals surface area (Å²) < 4.78 is 57.7. The molecule has 14 heteroatoms. The third kappa shape index (κ3) is 5.80. The standard InChI is InChI=1S/C38H36F3N7O3S/c1-8-32(50)47-17-19(2)48-30(20(47)3)16-28(44-48)37-35(33-25(40)14-24(39)15-31(33)51-12-11-45(6)22(5)49)34-26(41)18-52-38(34)36(43-37)23-9-10-29-27(13-23)42-21(4)46(29)7/h8-10,13-16,18-20H,1,11-12,17H2,2-7H3/t19-,20+/m0/s1. The highest BCUT2D eigenvalue weighted by Gasteiger charge is 2.34. The molecule has 52 heavy (non-hydrogen) atoms. The summed E-state index contributed by atoms with van der Waals surface area (Å²) in [5, 5.41) is 6.33. The van der Waals surface area contributed by atoms with Crippen LogP contribution in [0.15, 0.2) is 54.4 Å². The predicted octanol–water partition coefficient (Wildman–Crippen LogP) is 7.61. The number of hydrogen-bond acceptors (Lipinski definition) is 7. The van der Waals surface area contributed by atoms with Crippen molar-refractivity contribution >= 4 is 44.3 Å². The molecule has 5 heterocycles. The Morgan fingerprint density at radius 2 is 1.85 bits per heavy atom. The lowest BCUT2D eigenvalue weighted by atomic mass is 9.94. The van der Waals surface area contributed by atoms with E-state index < -0.39 is 23.5 Å². The van der Waals surface area contributed by atoms with Crippen molar-refractivity contribution in [3.63, 3.8) is 0 Å². The summed E-state index contributed by atoms with van der Waals surface area (Å²) in [6.07, 6.45) is 1.27. The van der Waals surface area contributed by atoms with Crippen LogP contribution in [0, 0.1) is 24.4 Å². The van der Waals surface area contributed by atoms with Crippen molar-refractivity contribution < 1.29 is 27.5 Å². The van der Waals surface area contributed by atoms with Crippen molar-refractivity contribution in [2.75, 3.05) is 26.7 Å². The van der Waals surface area contributed by atoms with Crippen molar-refractivity contribution in [3.8, 4) is 39.5 Å². The van der Waals surface area contributed by atoms with Crippen LogP contribution in [0.2, 0.25) is 0 Å². The molecule has 10 nitrogen and oxygen atoms in total. The second-order valence-electron chi connectivity index (χ2n) is 13.1. The van der Waals surface area contributed by atoms with Crippen LogP contribution in [-0.2, 0) is 16.6 Å². The average Bonchev–Trinajstić information content (AvgIpc) is 3.81. The Labute approximate surface area is 301 Å². The van der Waals surface area contributed by atoms with Crippen LogP contribution in [-0.4, -0.2) is 72.7 Å². The molecule has 0 bridgehead atoms. The van der Waals surface area contributed by atoms with Gasteiger partial charge < -0.3 is 19.1 Å². The molecule has 0 saturated heterocycles. The van der Waals surface area contributed by atoms with Gasteiger partial charge in [-0.25, -0.2) is 23.1 Å². The van der Waals surface area contributed by atoms with Gasteiger partial charge in [0.1, 0.15) is 47.0 Å². The van der Waals surface area contributed by atoms with Gasteiger partial charge in [-0.3, -0.25) is 14.3 Å². The van der Waals surface area contributed by atoms with Crippen LogP contribution in [0.3, 0.4) is 0 Å². The molecule has 1 aliphatic rings. The summed E-state index contributed by atoms with van der Waals surface area (Å²) >= 11 is 1.11. The molecule has 0 spiro atoms. The highest BCUT2D eigenvalue weighted by atomic mass is 32.1. The normalized spacial score (nSPS) is 15.7. The Balaban J connectivity index is 1.51. The highest BCUT2D eigenvalue weighted by molar-refractivity contribution is 7.17. The van der Waals surface area contributed by atoms with Crippen molar-refractivity contribution in [2.24, 2.45) is 7.05 Å². The fourth-order valence-electron chi connectivity index (χ4n) is 6.80. The number of benzene rings is 2. The zero-order valence-electron chi connectivity index (χ0n) is 29.5. The zero-order chi connectivity index (χ0) is 37.2. The molecule has 0 fully saturated rings. The third-order valence-corrected chi connectivity index (χ3v) is 10.7. The lowest BCUT2D eigenvalue weighted by Gasteiger charge is -2.36. The molecule has 0 N–H and O–H groups in total. The predicted molar refractivity (Wildman–Crippen MR) is 194 cm³/mol. The molecule has 268 valence electrons. The first-order chi connectivity index (χ1) is 24.8. The van der Waals surface area contributed by atoms with Gasteiger partial charge in [0.25, 0.3) is 0 Å². The van der Waals surface area contributed by atoms with E-state index in [1.165, 1.54) is 23.3 Å². The number of hydrogen-bond donors (Lipinski definition) is 0. The highest BCUT2D eigenvalue weighted by Crippen LogP contribution is 2.48. The number of nitrogens with zero attached hydrogens (tertiary/aromatic N) is 7. The number of amides is 2. The molecule has 0 unspecified atom stereocenters. The van der Waals surface area contributed by atoms with Crippen LogP contribution in [0.4, 0.5) is 13.2 Å². The summed E-state index contributed by atoms with van der Waals surface area (Å²) in [7, 11) is 3.50. The molecule has 0 radical (unpaired) electrons. The van der Waals surface area contributed by atoms with Gasteiger partial charge in [-0.2, -0.15) is 5.10 Å². The maximum Gasteiger partial charge on any atom is 0.246 e. The third-order valence-electron chi connectivity index (χ3n) is 9.78. The smallest absolute Gasteiger partial charge is 0.246 e. The SMILES string of the molecule is C=CC(=O)N1C[C@H](C)n2nc(-c3nc(-c4ccc5c(c4)nc(C)n5C)c4scc(F)c4c3-c3c(F)cc(F)cc3OCCN(C)C(C)=O)cc2[C@H]1C. The van der Waals surface area contributed by atoms with E-state index >= 15 is 8.78 Å². The summed E-state index contributed by atoms with van der Waals surface area (Å²) in [6, 6.07) is 8.56. The second kappa shape index (κ2) is 13.2. The minimum atomic E-state index is -0.989. The lowest BCUT2D eigenvalue weighted by Crippen LogP contribution is -2.42. The number of aryl methyl sites for hydroxylation is 2. The molecule has 2 aromatic carbocycles. The molecule has 6 aromatic rings. The number of rotatable bonds is 8. The number of carbonyl (C=O) groups excluding carboxylic acids is 2. The molecule has 4 aromatic heterocycles. The number of pyridine rings is 1. The lowest BCUT2D eigenvalue weighted by molar-refractivity contribution is -0.130. The number of halogens is 3. The summed E-state index contributed by atoms with van der Waals surface area (Å²) in [5.41, 5.74) is 3.67. The van der Waals surface area contributed by atoms with E-state index in [1.54, 1.807) is 22.7 Å². The van der Waals surface area contributed by atoms with Gasteiger partial charge in [0.15, 0.2) is 0 Å². The number of aromatic nitrogens is 5. The largest absolute Gasteiger partial charge is 0.491 e. The minimum absolute atomic E-state index is 0.0365. The van der Waals surface area contributed by atoms with E-state index in [0.29, 0.717) is 33.9 Å². The topological polar surface area (TPSA) is 98.4 Å². The Morgan fingerprint density at radius 3 is 2.58 bits per heavy atom. The molecular weight excluding hydrogens is 692 g/mol. The summed E-state index contributed by atoms with van der Waals surface area (Å²) in [5.74, 6) is -2.33. The Kier molecular flexibility index (Phi) is 8.89. The van der Waals surface area contributed by atoms with Gasteiger partial charge in [0.2, 0.25) is 11.8 Å². The number of ether oxygens (including phenoxy) is 1. The maximum atomic E-state index is 16.3. The van der Waals surface area contributed by atoms with E-state index in [4.69, 9.17) is 14.8 Å². The molecule has 2 atom stereocenters. The Bertz CT molecular complexity index is 2430. The van der Waals surface area contributed by atoms with Crippen molar-refractivity contribution in [3.05, 3.63) is 83.4 Å². The van der Waals surface area contributed by atoms with E-state index in [9.17, 15) is 14.0 Å². The fraction of sp³-hybridized carbons (Fsp3) is 0.289. The minimum Gasteiger partial charge on any atom is -0.491 e. The fourth-order valence-corrected chi connectivity index (χ4v) is 7.73. The van der Waals surface area contributed by atoms with Gasteiger partial charge in [-0.05, 0) is 45.0 Å². The number of fused-ring (bicyclic) bond motifs is 3. The quantitative estimate of drug-likeness (QED) is 0.150. The van der Waals surface area contributed by atoms with Crippen molar-refractivity contribution in [1.29, 1.82) is 0 Å². The molecule has 0 saturated carbocycles. The van der Waals surface area contributed by atoms with E-state index in [-0.39, 0.29) is 59.0 Å². The average molecular weight is 728 g/mol. The van der Waals surface area contributed by atoms with Crippen molar-refractivity contribution in [1.82, 2.24) is 34.1 Å². The summed E-state index contributed by atoms with van der Waals surface area (Å²) in [6.45, 7) is 11.2. The number of carbonyl (C=O) groups is 2. The molecule has 7 rings (SSSR count). The van der Waals surface area contributed by atoms with E-state index in [0.717, 1.165) is 40.3 Å². The number of imidazole rings is 1. The number of thiophene rings is 1. The molecule has 1 aliphatic heterocycles.